The molecule has 3 N–H and O–H groups in total. The number of allylic oxidation sites excluding steroid dienone is 3. The number of H-pyrrole nitrogens is 1. The second kappa shape index (κ2) is 6.72. The molecule has 1 heterocycles. The number of benzene rings is 1. The molecule has 0 saturated heterocycles. The van der Waals surface area contributed by atoms with Crippen LogP contribution >= 0.6 is 0 Å². The van der Waals surface area contributed by atoms with Crippen LogP contribution in [-0.4, -0.2) is 33.9 Å². The Labute approximate surface area is 144 Å². The van der Waals surface area contributed by atoms with E-state index in [9.17, 15) is 9.59 Å². The van der Waals surface area contributed by atoms with Gasteiger partial charge in [0, 0.05) is 0 Å². The fraction of sp³-hybridized carbons (Fsp3) is 0.222. The normalized spacial score (nSPS) is 19.3. The van der Waals surface area contributed by atoms with Crippen LogP contribution in [0.5, 0.6) is 0 Å². The molecule has 0 fully saturated rings. The number of ether oxygens (including phenoxy) is 1. The summed E-state index contributed by atoms with van der Waals surface area (Å²) in [4.78, 5) is 24.3. The van der Waals surface area contributed by atoms with Gasteiger partial charge in [-0.3, -0.25) is 4.79 Å². The van der Waals surface area contributed by atoms with E-state index in [0.29, 0.717) is 0 Å². The van der Waals surface area contributed by atoms with Gasteiger partial charge in [-0.25, -0.2) is 4.79 Å². The molecule has 1 aliphatic carbocycles. The summed E-state index contributed by atoms with van der Waals surface area (Å²) in [5.74, 6) is -1.25. The average Bonchev–Trinajstić information content (AvgIpc) is 3.13. The molecule has 7 nitrogen and oxygen atoms in total. The fourth-order valence-electron chi connectivity index (χ4n) is 2.84. The number of carbonyl (C=O) groups excluding carboxylic acids is 2. The van der Waals surface area contributed by atoms with E-state index in [2.05, 4.69) is 15.4 Å². The molecule has 0 spiro atoms. The Hall–Kier alpha value is -3.22. The molecule has 0 aliphatic heterocycles. The summed E-state index contributed by atoms with van der Waals surface area (Å²) in [5.41, 5.74) is 6.58. The molecule has 1 unspecified atom stereocenters. The Morgan fingerprint density at radius 1 is 1.28 bits per heavy atom. The molecule has 1 amide bonds. The number of carbonyl (C=O) groups is 2. The number of aromatic amines is 1. The standard InChI is InChI=1S/C18H18N4O3/c1-2-25-16(23)14-15(21-22-20-14)18(17(19)24)10-8-13(9-11-18)12-6-4-3-5-7-12/h3-10H,2,11H2,1H3,(H2,19,24)(H,20,21,22). The first-order chi connectivity index (χ1) is 12.1. The first-order valence-corrected chi connectivity index (χ1v) is 7.91. The van der Waals surface area contributed by atoms with Crippen LogP contribution in [0.4, 0.5) is 0 Å². The summed E-state index contributed by atoms with van der Waals surface area (Å²) in [6.07, 6.45) is 5.68. The van der Waals surface area contributed by atoms with Crippen molar-refractivity contribution in [1.82, 2.24) is 15.4 Å². The Balaban J connectivity index is 1.98. The average molecular weight is 338 g/mol. The summed E-state index contributed by atoms with van der Waals surface area (Å²) in [7, 11) is 0. The molecule has 25 heavy (non-hydrogen) atoms. The highest BCUT2D eigenvalue weighted by Crippen LogP contribution is 2.36. The zero-order chi connectivity index (χ0) is 17.9. The number of esters is 1. The van der Waals surface area contributed by atoms with Crippen molar-refractivity contribution in [1.29, 1.82) is 0 Å². The molecule has 128 valence electrons. The Morgan fingerprint density at radius 3 is 2.64 bits per heavy atom. The van der Waals surface area contributed by atoms with Crippen LogP contribution < -0.4 is 5.73 Å². The third-order valence-corrected chi connectivity index (χ3v) is 4.18. The van der Waals surface area contributed by atoms with Crippen molar-refractivity contribution in [2.75, 3.05) is 6.61 Å². The van der Waals surface area contributed by atoms with Gasteiger partial charge in [0.15, 0.2) is 5.69 Å². The van der Waals surface area contributed by atoms with Gasteiger partial charge < -0.3 is 10.5 Å². The minimum absolute atomic E-state index is 0.0261. The summed E-state index contributed by atoms with van der Waals surface area (Å²) in [5, 5.41) is 10.3. The lowest BCUT2D eigenvalue weighted by Gasteiger charge is -2.27. The molecular formula is C18H18N4O3. The molecule has 0 bridgehead atoms. The van der Waals surface area contributed by atoms with Crippen molar-refractivity contribution < 1.29 is 14.3 Å². The monoisotopic (exact) mass is 338 g/mol. The number of primary amides is 1. The SMILES string of the molecule is CCOC(=O)c1n[nH]nc1C1(C(N)=O)C=CC(c2ccccc2)=CC1. The molecule has 1 atom stereocenters. The zero-order valence-electron chi connectivity index (χ0n) is 13.7. The van der Waals surface area contributed by atoms with E-state index in [1.54, 1.807) is 13.0 Å². The lowest BCUT2D eigenvalue weighted by molar-refractivity contribution is -0.122. The zero-order valence-corrected chi connectivity index (χ0v) is 13.7. The maximum Gasteiger partial charge on any atom is 0.360 e. The van der Waals surface area contributed by atoms with Crippen molar-refractivity contribution in [2.45, 2.75) is 18.8 Å². The van der Waals surface area contributed by atoms with E-state index in [4.69, 9.17) is 10.5 Å². The predicted octanol–water partition coefficient (Wildman–Crippen LogP) is 1.75. The van der Waals surface area contributed by atoms with Gasteiger partial charge in [0.2, 0.25) is 5.91 Å². The number of nitrogens with one attached hydrogen (secondary N) is 1. The van der Waals surface area contributed by atoms with Gasteiger partial charge in [-0.2, -0.15) is 10.3 Å². The van der Waals surface area contributed by atoms with Crippen LogP contribution in [0.25, 0.3) is 5.57 Å². The number of rotatable bonds is 5. The Morgan fingerprint density at radius 2 is 2.04 bits per heavy atom. The van der Waals surface area contributed by atoms with E-state index in [0.717, 1.165) is 11.1 Å². The van der Waals surface area contributed by atoms with Crippen molar-refractivity contribution in [3.05, 3.63) is 65.5 Å². The maximum absolute atomic E-state index is 12.3. The quantitative estimate of drug-likeness (QED) is 0.807. The third-order valence-electron chi connectivity index (χ3n) is 4.18. The summed E-state index contributed by atoms with van der Waals surface area (Å²) < 4.78 is 4.98. The highest BCUT2D eigenvalue weighted by Gasteiger charge is 2.43. The highest BCUT2D eigenvalue weighted by molar-refractivity contribution is 5.96. The maximum atomic E-state index is 12.3. The molecule has 0 radical (unpaired) electrons. The first kappa shape index (κ1) is 16.6. The van der Waals surface area contributed by atoms with E-state index in [-0.39, 0.29) is 24.4 Å². The lowest BCUT2D eigenvalue weighted by atomic mass is 9.75. The number of nitrogens with zero attached hydrogens (tertiary/aromatic N) is 2. The van der Waals surface area contributed by atoms with Crippen LogP contribution in [0.3, 0.4) is 0 Å². The number of hydrogen-bond acceptors (Lipinski definition) is 5. The minimum atomic E-state index is -1.24. The van der Waals surface area contributed by atoms with E-state index in [1.807, 2.05) is 42.5 Å². The molecule has 0 saturated carbocycles. The van der Waals surface area contributed by atoms with Gasteiger partial charge in [-0.05, 0) is 24.5 Å². The second-order valence-electron chi connectivity index (χ2n) is 5.64. The van der Waals surface area contributed by atoms with Gasteiger partial charge in [0.05, 0.1) is 6.61 Å². The van der Waals surface area contributed by atoms with Crippen molar-refractivity contribution in [2.24, 2.45) is 5.73 Å². The second-order valence-corrected chi connectivity index (χ2v) is 5.64. The first-order valence-electron chi connectivity index (χ1n) is 7.91. The van der Waals surface area contributed by atoms with Crippen molar-refractivity contribution in [3.8, 4) is 0 Å². The Bertz CT molecular complexity index is 854. The number of amides is 1. The fourth-order valence-corrected chi connectivity index (χ4v) is 2.84. The third kappa shape index (κ3) is 2.96. The van der Waals surface area contributed by atoms with Crippen LogP contribution in [0.15, 0.2) is 48.6 Å². The van der Waals surface area contributed by atoms with Crippen molar-refractivity contribution in [3.63, 3.8) is 0 Å². The van der Waals surface area contributed by atoms with E-state index >= 15 is 0 Å². The van der Waals surface area contributed by atoms with Gasteiger partial charge in [-0.1, -0.05) is 48.6 Å². The molecule has 2 aromatic rings. The number of hydrogen-bond donors (Lipinski definition) is 2. The summed E-state index contributed by atoms with van der Waals surface area (Å²) >= 11 is 0. The van der Waals surface area contributed by atoms with E-state index < -0.39 is 17.3 Å². The smallest absolute Gasteiger partial charge is 0.360 e. The van der Waals surface area contributed by atoms with Gasteiger partial charge in [0.25, 0.3) is 0 Å². The number of aromatic nitrogens is 3. The van der Waals surface area contributed by atoms with Gasteiger partial charge >= 0.3 is 5.97 Å². The highest BCUT2D eigenvalue weighted by atomic mass is 16.5. The van der Waals surface area contributed by atoms with Crippen LogP contribution in [0.1, 0.15) is 35.1 Å². The van der Waals surface area contributed by atoms with Crippen molar-refractivity contribution >= 4 is 17.4 Å². The molecule has 1 aromatic carbocycles. The minimum Gasteiger partial charge on any atom is -0.461 e. The van der Waals surface area contributed by atoms with Crippen LogP contribution in [-0.2, 0) is 14.9 Å². The Kier molecular flexibility index (Phi) is 4.47. The summed E-state index contributed by atoms with van der Waals surface area (Å²) in [6, 6.07) is 9.78. The molecule has 1 aliphatic rings. The number of nitrogens with two attached hydrogens (primary N) is 1. The molecule has 1 aromatic heterocycles. The van der Waals surface area contributed by atoms with Crippen LogP contribution in [0.2, 0.25) is 0 Å². The summed E-state index contributed by atoms with van der Waals surface area (Å²) in [6.45, 7) is 1.89. The van der Waals surface area contributed by atoms with Gasteiger partial charge in [0.1, 0.15) is 11.1 Å². The molecular weight excluding hydrogens is 320 g/mol. The predicted molar refractivity (Wildman–Crippen MR) is 91.4 cm³/mol. The topological polar surface area (TPSA) is 111 Å². The largest absolute Gasteiger partial charge is 0.461 e. The molecule has 3 rings (SSSR count). The lowest BCUT2D eigenvalue weighted by Crippen LogP contribution is -2.41. The van der Waals surface area contributed by atoms with E-state index in [1.165, 1.54) is 0 Å². The van der Waals surface area contributed by atoms with Gasteiger partial charge in [-0.15, -0.1) is 5.10 Å². The molecule has 7 heteroatoms. The van der Waals surface area contributed by atoms with Crippen LogP contribution in [0, 0.1) is 0 Å².